The fraction of sp³-hybridized carbons (Fsp3) is 0.0556. The molecule has 1 amide bonds. The number of halogens is 1. The molecule has 25 heavy (non-hydrogen) atoms. The Balaban J connectivity index is 2.19. The number of nitrogen functional groups attached to an aromatic ring is 1. The summed E-state index contributed by atoms with van der Waals surface area (Å²) in [6, 6.07) is 11.7. The summed E-state index contributed by atoms with van der Waals surface area (Å²) >= 11 is 2.25. The number of hydrogen-bond donors (Lipinski definition) is 3. The first-order valence-corrected chi connectivity index (χ1v) is 8.68. The predicted molar refractivity (Wildman–Crippen MR) is 107 cm³/mol. The maximum Gasteiger partial charge on any atom is 0.271 e. The van der Waals surface area contributed by atoms with Crippen LogP contribution in [0.2, 0.25) is 0 Å². The Hall–Kier alpha value is -2.68. The molecule has 2 heterocycles. The maximum absolute atomic E-state index is 11.8. The molecule has 0 saturated heterocycles. The zero-order valence-electron chi connectivity index (χ0n) is 13.3. The second-order valence-electron chi connectivity index (χ2n) is 5.85. The second kappa shape index (κ2) is 5.69. The number of carbonyl (C=O) groups excluding carboxylic acids is 1. The number of H-pyrrole nitrogens is 1. The van der Waals surface area contributed by atoms with Gasteiger partial charge in [0.15, 0.2) is 5.69 Å². The topological polar surface area (TPSA) is 111 Å². The van der Waals surface area contributed by atoms with E-state index in [1.54, 1.807) is 0 Å². The van der Waals surface area contributed by atoms with Crippen molar-refractivity contribution >= 4 is 56.0 Å². The van der Waals surface area contributed by atoms with E-state index in [9.17, 15) is 4.79 Å². The number of benzene rings is 2. The van der Waals surface area contributed by atoms with Gasteiger partial charge in [0.05, 0.1) is 5.52 Å². The standard InChI is InChI=1S/C18H14IN5O/c1-8-10(3-2-4-12(8)20)15-14-11-6-5-9(19)7-13(11)22-16(14)17(18(21)25)24-23-15/h2-7,22H,20H2,1H3,(H2,21,25). The first kappa shape index (κ1) is 15.8. The Morgan fingerprint density at radius 1 is 1.20 bits per heavy atom. The van der Waals surface area contributed by atoms with Crippen LogP contribution in [0.25, 0.3) is 33.1 Å². The van der Waals surface area contributed by atoms with Crippen LogP contribution in [0.15, 0.2) is 36.4 Å². The lowest BCUT2D eigenvalue weighted by Crippen LogP contribution is -2.15. The normalized spacial score (nSPS) is 11.3. The quantitative estimate of drug-likeness (QED) is 0.326. The molecule has 5 N–H and O–H groups in total. The highest BCUT2D eigenvalue weighted by Gasteiger charge is 2.20. The Bertz CT molecular complexity index is 1170. The van der Waals surface area contributed by atoms with Crippen LogP contribution in [-0.4, -0.2) is 21.1 Å². The van der Waals surface area contributed by atoms with Crippen molar-refractivity contribution in [1.82, 2.24) is 15.2 Å². The third-order valence-electron chi connectivity index (χ3n) is 4.35. The maximum atomic E-state index is 11.8. The first-order chi connectivity index (χ1) is 12.0. The van der Waals surface area contributed by atoms with Crippen LogP contribution in [-0.2, 0) is 0 Å². The molecule has 2 aromatic carbocycles. The summed E-state index contributed by atoms with van der Waals surface area (Å²) in [6.07, 6.45) is 0. The van der Waals surface area contributed by atoms with Crippen molar-refractivity contribution in [3.63, 3.8) is 0 Å². The van der Waals surface area contributed by atoms with Gasteiger partial charge in [0.1, 0.15) is 5.69 Å². The van der Waals surface area contributed by atoms with Gasteiger partial charge in [0.2, 0.25) is 0 Å². The number of primary amides is 1. The number of aromatic nitrogens is 3. The summed E-state index contributed by atoms with van der Waals surface area (Å²) in [5.41, 5.74) is 16.3. The molecule has 7 heteroatoms. The van der Waals surface area contributed by atoms with E-state index in [1.807, 2.05) is 43.3 Å². The van der Waals surface area contributed by atoms with Gasteiger partial charge in [-0.05, 0) is 53.3 Å². The molecule has 0 fully saturated rings. The molecule has 124 valence electrons. The molecule has 4 aromatic rings. The number of nitrogens with two attached hydrogens (primary N) is 2. The van der Waals surface area contributed by atoms with E-state index in [0.29, 0.717) is 16.9 Å². The van der Waals surface area contributed by atoms with Gasteiger partial charge < -0.3 is 16.5 Å². The van der Waals surface area contributed by atoms with Crippen molar-refractivity contribution in [3.05, 3.63) is 51.2 Å². The minimum absolute atomic E-state index is 0.131. The van der Waals surface area contributed by atoms with E-state index in [-0.39, 0.29) is 5.69 Å². The summed E-state index contributed by atoms with van der Waals surface area (Å²) in [5, 5.41) is 10.2. The van der Waals surface area contributed by atoms with Gasteiger partial charge in [0, 0.05) is 31.1 Å². The molecule has 0 atom stereocenters. The molecule has 0 bridgehead atoms. The predicted octanol–water partition coefficient (Wildman–Crippen LogP) is 3.37. The van der Waals surface area contributed by atoms with E-state index in [1.165, 1.54) is 0 Å². The van der Waals surface area contributed by atoms with Crippen LogP contribution >= 0.6 is 22.6 Å². The molecular formula is C18H14IN5O. The Kier molecular flexibility index (Phi) is 3.60. The number of hydrogen-bond acceptors (Lipinski definition) is 4. The Morgan fingerprint density at radius 2 is 2.00 bits per heavy atom. The van der Waals surface area contributed by atoms with Crippen LogP contribution in [0, 0.1) is 10.5 Å². The van der Waals surface area contributed by atoms with Gasteiger partial charge in [0.25, 0.3) is 5.91 Å². The Morgan fingerprint density at radius 3 is 2.76 bits per heavy atom. The van der Waals surface area contributed by atoms with Crippen LogP contribution < -0.4 is 11.5 Å². The average molecular weight is 443 g/mol. The number of fused-ring (bicyclic) bond motifs is 3. The molecule has 0 radical (unpaired) electrons. The lowest BCUT2D eigenvalue weighted by molar-refractivity contribution is 0.0996. The average Bonchev–Trinajstić information content (AvgIpc) is 2.94. The van der Waals surface area contributed by atoms with Crippen molar-refractivity contribution in [2.75, 3.05) is 5.73 Å². The summed E-state index contributed by atoms with van der Waals surface area (Å²) in [7, 11) is 0. The summed E-state index contributed by atoms with van der Waals surface area (Å²) < 4.78 is 1.08. The number of nitrogens with zero attached hydrogens (tertiary/aromatic N) is 2. The number of anilines is 1. The molecule has 0 aliphatic heterocycles. The number of carbonyl (C=O) groups is 1. The molecule has 0 aliphatic carbocycles. The van der Waals surface area contributed by atoms with Gasteiger partial charge >= 0.3 is 0 Å². The van der Waals surface area contributed by atoms with Crippen molar-refractivity contribution in [2.24, 2.45) is 5.73 Å². The smallest absolute Gasteiger partial charge is 0.271 e. The van der Waals surface area contributed by atoms with E-state index < -0.39 is 5.91 Å². The van der Waals surface area contributed by atoms with Gasteiger partial charge in [-0.25, -0.2) is 0 Å². The molecular weight excluding hydrogens is 429 g/mol. The van der Waals surface area contributed by atoms with E-state index >= 15 is 0 Å². The van der Waals surface area contributed by atoms with Crippen LogP contribution in [0.4, 0.5) is 5.69 Å². The van der Waals surface area contributed by atoms with Crippen LogP contribution in [0.5, 0.6) is 0 Å². The monoisotopic (exact) mass is 443 g/mol. The molecule has 2 aromatic heterocycles. The van der Waals surface area contributed by atoms with E-state index in [2.05, 4.69) is 37.8 Å². The molecule has 6 nitrogen and oxygen atoms in total. The highest BCUT2D eigenvalue weighted by molar-refractivity contribution is 14.1. The third kappa shape index (κ3) is 2.42. The zero-order chi connectivity index (χ0) is 17.7. The number of amides is 1. The highest BCUT2D eigenvalue weighted by Crippen LogP contribution is 2.36. The van der Waals surface area contributed by atoms with Crippen molar-refractivity contribution < 1.29 is 4.79 Å². The molecule has 0 unspecified atom stereocenters. The minimum Gasteiger partial charge on any atom is -0.398 e. The van der Waals surface area contributed by atoms with Crippen molar-refractivity contribution in [1.29, 1.82) is 0 Å². The number of nitrogens with one attached hydrogen (secondary N) is 1. The minimum atomic E-state index is -0.616. The fourth-order valence-corrected chi connectivity index (χ4v) is 3.56. The van der Waals surface area contributed by atoms with Gasteiger partial charge in [-0.3, -0.25) is 4.79 Å². The Labute approximate surface area is 156 Å². The summed E-state index contributed by atoms with van der Waals surface area (Å²) in [5.74, 6) is -0.616. The summed E-state index contributed by atoms with van der Waals surface area (Å²) in [4.78, 5) is 15.1. The molecule has 0 saturated carbocycles. The highest BCUT2D eigenvalue weighted by atomic mass is 127. The summed E-state index contributed by atoms with van der Waals surface area (Å²) in [6.45, 7) is 1.94. The first-order valence-electron chi connectivity index (χ1n) is 7.60. The lowest BCUT2D eigenvalue weighted by atomic mass is 9.99. The molecule has 4 rings (SSSR count). The van der Waals surface area contributed by atoms with Gasteiger partial charge in [-0.15, -0.1) is 10.2 Å². The van der Waals surface area contributed by atoms with E-state index in [0.717, 1.165) is 31.0 Å². The third-order valence-corrected chi connectivity index (χ3v) is 5.02. The van der Waals surface area contributed by atoms with Crippen molar-refractivity contribution in [3.8, 4) is 11.3 Å². The molecule has 0 aliphatic rings. The van der Waals surface area contributed by atoms with Gasteiger partial charge in [-0.2, -0.15) is 0 Å². The van der Waals surface area contributed by atoms with Crippen LogP contribution in [0.3, 0.4) is 0 Å². The fourth-order valence-electron chi connectivity index (χ4n) is 3.06. The zero-order valence-corrected chi connectivity index (χ0v) is 15.5. The van der Waals surface area contributed by atoms with Crippen LogP contribution in [0.1, 0.15) is 16.1 Å². The SMILES string of the molecule is Cc1c(N)cccc1-c1nnc(C(N)=O)c2[nH]c3cc(I)ccc3c12. The second-order valence-corrected chi connectivity index (χ2v) is 7.09. The number of rotatable bonds is 2. The van der Waals surface area contributed by atoms with Crippen molar-refractivity contribution in [2.45, 2.75) is 6.92 Å². The van der Waals surface area contributed by atoms with E-state index in [4.69, 9.17) is 11.5 Å². The number of aromatic amines is 1. The van der Waals surface area contributed by atoms with Gasteiger partial charge in [-0.1, -0.05) is 18.2 Å². The molecule has 0 spiro atoms. The largest absolute Gasteiger partial charge is 0.398 e. The lowest BCUT2D eigenvalue weighted by Gasteiger charge is -2.09.